The van der Waals surface area contributed by atoms with Gasteiger partial charge < -0.3 is 10.1 Å². The van der Waals surface area contributed by atoms with E-state index >= 15 is 0 Å². The number of hydrogen-bond donors (Lipinski definition) is 2. The molecule has 0 aliphatic heterocycles. The van der Waals surface area contributed by atoms with Crippen molar-refractivity contribution in [3.63, 3.8) is 0 Å². The molecule has 39 heavy (non-hydrogen) atoms. The van der Waals surface area contributed by atoms with Crippen LogP contribution >= 0.6 is 0 Å². The number of carbonyl (C=O) groups is 2. The number of esters is 1. The number of ether oxygens (including phenoxy) is 1. The van der Waals surface area contributed by atoms with Crippen LogP contribution in [-0.2, 0) is 26.0 Å². The summed E-state index contributed by atoms with van der Waals surface area (Å²) in [5, 5.41) is 2.79. The molecule has 0 saturated carbocycles. The monoisotopic (exact) mass is 558 g/mol. The summed E-state index contributed by atoms with van der Waals surface area (Å²) in [7, 11) is -3.90. The van der Waals surface area contributed by atoms with Crippen LogP contribution in [0.25, 0.3) is 0 Å². The Morgan fingerprint density at radius 3 is 1.85 bits per heavy atom. The van der Waals surface area contributed by atoms with Crippen LogP contribution < -0.4 is 10.0 Å². The standard InChI is InChI=1S/C31H46N2O5S/c1-5-6-7-8-9-10-11-12-13-14-15-25-16-18-26(19-17-25)30(35)33-27-20-22-28(23-21-27)39(36,37)32-24-29(34)38-31(2,3)4/h16-23,32H,5-15,24H2,1-4H3,(H,33,35). The molecule has 2 N–H and O–H groups in total. The Bertz CT molecular complexity index is 1120. The molecule has 0 aliphatic carbocycles. The van der Waals surface area contributed by atoms with E-state index in [-0.39, 0.29) is 10.8 Å². The van der Waals surface area contributed by atoms with Crippen LogP contribution in [0.1, 0.15) is 108 Å². The molecule has 0 fully saturated rings. The third-order valence-electron chi connectivity index (χ3n) is 6.28. The summed E-state index contributed by atoms with van der Waals surface area (Å²) in [5.74, 6) is -0.927. The second-order valence-corrected chi connectivity index (χ2v) is 12.8. The molecule has 0 aromatic heterocycles. The largest absolute Gasteiger partial charge is 0.459 e. The van der Waals surface area contributed by atoms with Crippen molar-refractivity contribution in [2.24, 2.45) is 0 Å². The lowest BCUT2D eigenvalue weighted by Crippen LogP contribution is -2.34. The zero-order valence-corrected chi connectivity index (χ0v) is 24.9. The highest BCUT2D eigenvalue weighted by atomic mass is 32.2. The Labute approximate surface area is 235 Å². The summed E-state index contributed by atoms with van der Waals surface area (Å²) in [4.78, 5) is 24.4. The molecule has 216 valence electrons. The minimum atomic E-state index is -3.90. The van der Waals surface area contributed by atoms with E-state index in [0.29, 0.717) is 11.3 Å². The lowest BCUT2D eigenvalue weighted by atomic mass is 10.0. The highest BCUT2D eigenvalue weighted by Crippen LogP contribution is 2.17. The minimum absolute atomic E-state index is 0.0135. The SMILES string of the molecule is CCCCCCCCCCCCc1ccc(C(=O)Nc2ccc(S(=O)(=O)NCC(=O)OC(C)(C)C)cc2)cc1. The van der Waals surface area contributed by atoms with Gasteiger partial charge in [-0.25, -0.2) is 8.42 Å². The van der Waals surface area contributed by atoms with Crippen LogP contribution in [0.5, 0.6) is 0 Å². The van der Waals surface area contributed by atoms with E-state index in [0.717, 1.165) is 12.8 Å². The van der Waals surface area contributed by atoms with E-state index in [1.165, 1.54) is 87.6 Å². The fourth-order valence-electron chi connectivity index (χ4n) is 4.17. The van der Waals surface area contributed by atoms with Gasteiger partial charge >= 0.3 is 5.97 Å². The number of sulfonamides is 1. The summed E-state index contributed by atoms with van der Waals surface area (Å²) < 4.78 is 32.3. The maximum absolute atomic E-state index is 12.6. The van der Waals surface area contributed by atoms with Crippen LogP contribution in [0.4, 0.5) is 5.69 Å². The number of anilines is 1. The fourth-order valence-corrected chi connectivity index (χ4v) is 5.14. The molecular formula is C31H46N2O5S. The Morgan fingerprint density at radius 2 is 1.31 bits per heavy atom. The maximum atomic E-state index is 12.6. The van der Waals surface area contributed by atoms with Crippen LogP contribution in [0.3, 0.4) is 0 Å². The first-order chi connectivity index (χ1) is 18.5. The summed E-state index contributed by atoms with van der Waals surface area (Å²) >= 11 is 0. The molecule has 0 atom stereocenters. The lowest BCUT2D eigenvalue weighted by molar-refractivity contribution is -0.153. The van der Waals surface area contributed by atoms with Crippen molar-refractivity contribution in [2.45, 2.75) is 109 Å². The van der Waals surface area contributed by atoms with Gasteiger partial charge in [-0.1, -0.05) is 76.8 Å². The van der Waals surface area contributed by atoms with Crippen LogP contribution in [-0.4, -0.2) is 32.4 Å². The number of benzene rings is 2. The maximum Gasteiger partial charge on any atom is 0.321 e. The number of rotatable bonds is 17. The predicted molar refractivity (Wildman–Crippen MR) is 157 cm³/mol. The van der Waals surface area contributed by atoms with E-state index in [1.54, 1.807) is 20.8 Å². The van der Waals surface area contributed by atoms with E-state index < -0.39 is 28.1 Å². The number of nitrogens with one attached hydrogen (secondary N) is 2. The van der Waals surface area contributed by atoms with Crippen molar-refractivity contribution >= 4 is 27.6 Å². The molecular weight excluding hydrogens is 512 g/mol. The molecule has 0 unspecified atom stereocenters. The van der Waals surface area contributed by atoms with Crippen LogP contribution in [0.2, 0.25) is 0 Å². The first-order valence-electron chi connectivity index (χ1n) is 14.2. The van der Waals surface area contributed by atoms with Gasteiger partial charge in [-0.15, -0.1) is 0 Å². The molecule has 0 saturated heterocycles. The van der Waals surface area contributed by atoms with Crippen LogP contribution in [0.15, 0.2) is 53.4 Å². The lowest BCUT2D eigenvalue weighted by Gasteiger charge is -2.19. The first-order valence-corrected chi connectivity index (χ1v) is 15.7. The van der Waals surface area contributed by atoms with Crippen LogP contribution in [0, 0.1) is 0 Å². The van der Waals surface area contributed by atoms with E-state index in [1.807, 2.05) is 24.3 Å². The molecule has 2 aromatic carbocycles. The van der Waals surface area contributed by atoms with Crippen molar-refractivity contribution in [3.8, 4) is 0 Å². The molecule has 1 amide bonds. The zero-order chi connectivity index (χ0) is 28.7. The Kier molecular flexibility index (Phi) is 13.7. The highest BCUT2D eigenvalue weighted by Gasteiger charge is 2.20. The van der Waals surface area contributed by atoms with Gasteiger partial charge in [0, 0.05) is 11.3 Å². The average molecular weight is 559 g/mol. The predicted octanol–water partition coefficient (Wildman–Crippen LogP) is 7.02. The number of unbranched alkanes of at least 4 members (excludes halogenated alkanes) is 9. The third kappa shape index (κ3) is 13.3. The topological polar surface area (TPSA) is 102 Å². The smallest absolute Gasteiger partial charge is 0.321 e. The summed E-state index contributed by atoms with van der Waals surface area (Å²) in [5.41, 5.74) is 1.53. The van der Waals surface area contributed by atoms with Gasteiger partial charge in [0.25, 0.3) is 5.91 Å². The Hall–Kier alpha value is -2.71. The van der Waals surface area contributed by atoms with Gasteiger partial charge in [-0.2, -0.15) is 4.72 Å². The number of aryl methyl sites for hydroxylation is 1. The van der Waals surface area contributed by atoms with E-state index in [9.17, 15) is 18.0 Å². The van der Waals surface area contributed by atoms with Gasteiger partial charge in [0.1, 0.15) is 12.1 Å². The quantitative estimate of drug-likeness (QED) is 0.160. The molecule has 2 rings (SSSR count). The Morgan fingerprint density at radius 1 is 0.769 bits per heavy atom. The molecule has 7 nitrogen and oxygen atoms in total. The number of amides is 1. The van der Waals surface area contributed by atoms with Crippen molar-refractivity contribution in [2.75, 3.05) is 11.9 Å². The number of hydrogen-bond acceptors (Lipinski definition) is 5. The normalized spacial score (nSPS) is 11.8. The fraction of sp³-hybridized carbons (Fsp3) is 0.548. The third-order valence-corrected chi connectivity index (χ3v) is 7.70. The van der Waals surface area contributed by atoms with Crippen molar-refractivity contribution < 1.29 is 22.7 Å². The van der Waals surface area contributed by atoms with Gasteiger partial charge in [0.05, 0.1) is 4.90 Å². The average Bonchev–Trinajstić information content (AvgIpc) is 2.88. The Balaban J connectivity index is 1.74. The highest BCUT2D eigenvalue weighted by molar-refractivity contribution is 7.89. The number of carbonyl (C=O) groups excluding carboxylic acids is 2. The molecule has 0 heterocycles. The second-order valence-electron chi connectivity index (χ2n) is 11.0. The molecule has 0 spiro atoms. The molecule has 0 bridgehead atoms. The van der Waals surface area contributed by atoms with Crippen molar-refractivity contribution in [1.82, 2.24) is 4.72 Å². The first kappa shape index (κ1) is 32.5. The van der Waals surface area contributed by atoms with Crippen molar-refractivity contribution in [3.05, 3.63) is 59.7 Å². The van der Waals surface area contributed by atoms with Crippen molar-refractivity contribution in [1.29, 1.82) is 0 Å². The molecule has 0 aliphatic rings. The molecule has 8 heteroatoms. The molecule has 0 radical (unpaired) electrons. The van der Waals surface area contributed by atoms with E-state index in [4.69, 9.17) is 4.74 Å². The summed E-state index contributed by atoms with van der Waals surface area (Å²) in [6.07, 6.45) is 14.1. The van der Waals surface area contributed by atoms with Gasteiger partial charge in [0.2, 0.25) is 10.0 Å². The van der Waals surface area contributed by atoms with Gasteiger partial charge in [-0.05, 0) is 75.6 Å². The molecule has 2 aromatic rings. The second kappa shape index (κ2) is 16.4. The summed E-state index contributed by atoms with van der Waals surface area (Å²) in [6, 6.07) is 13.4. The van der Waals surface area contributed by atoms with Gasteiger partial charge in [0.15, 0.2) is 0 Å². The zero-order valence-electron chi connectivity index (χ0n) is 24.1. The van der Waals surface area contributed by atoms with E-state index in [2.05, 4.69) is 17.0 Å². The summed E-state index contributed by atoms with van der Waals surface area (Å²) in [6.45, 7) is 6.91. The minimum Gasteiger partial charge on any atom is -0.459 e. The van der Waals surface area contributed by atoms with Gasteiger partial charge in [-0.3, -0.25) is 9.59 Å².